The first-order valence-electron chi connectivity index (χ1n) is 9.55. The van der Waals surface area contributed by atoms with E-state index in [2.05, 4.69) is 33.0 Å². The molecule has 1 aromatic heterocycles. The number of nitrogens with zero attached hydrogens (tertiary/aromatic N) is 1. The van der Waals surface area contributed by atoms with Crippen molar-refractivity contribution in [2.24, 2.45) is 0 Å². The van der Waals surface area contributed by atoms with Crippen molar-refractivity contribution in [1.29, 1.82) is 0 Å². The zero-order valence-electron chi connectivity index (χ0n) is 16.2. The summed E-state index contributed by atoms with van der Waals surface area (Å²) in [5.74, 6) is 0.671. The summed E-state index contributed by atoms with van der Waals surface area (Å²) in [6.45, 7) is 0.511. The number of H-pyrrole nitrogens is 1. The van der Waals surface area contributed by atoms with Crippen LogP contribution in [0.5, 0.6) is 5.75 Å². The van der Waals surface area contributed by atoms with Crippen molar-refractivity contribution < 1.29 is 9.53 Å². The molecule has 1 N–H and O–H groups in total. The Balaban J connectivity index is 1.70. The molecule has 4 aromatic rings. The van der Waals surface area contributed by atoms with E-state index >= 15 is 0 Å². The number of rotatable bonds is 4. The summed E-state index contributed by atoms with van der Waals surface area (Å²) in [6, 6.07) is 21.2. The highest BCUT2D eigenvalue weighted by Gasteiger charge is 2.36. The molecule has 0 bridgehead atoms. The molecule has 1 aliphatic heterocycles. The van der Waals surface area contributed by atoms with E-state index in [1.54, 1.807) is 13.2 Å². The molecule has 0 aliphatic carbocycles. The lowest BCUT2D eigenvalue weighted by atomic mass is 10.0. The van der Waals surface area contributed by atoms with Crippen LogP contribution in [0.4, 0.5) is 0 Å². The molecule has 0 radical (unpaired) electrons. The highest BCUT2D eigenvalue weighted by Crippen LogP contribution is 2.41. The first kappa shape index (κ1) is 19.2. The van der Waals surface area contributed by atoms with E-state index in [9.17, 15) is 4.79 Å². The standard InChI is InChI=1S/C24H18BrClN2O2/c1-30-22-9-8-17(26)12-19(22)23(21-10-14-4-2-3-5-20(14)27-21)28-13-15-6-7-16(25)11-18(15)24(28)29/h2-12,23,27H,13H2,1H3/t23-/m1/s1. The van der Waals surface area contributed by atoms with Crippen LogP contribution in [0.15, 0.2) is 71.2 Å². The van der Waals surface area contributed by atoms with E-state index in [-0.39, 0.29) is 11.9 Å². The number of carbonyl (C=O) groups is 1. The SMILES string of the molecule is COc1ccc(Cl)cc1[C@H](c1cc2ccccc2[nH]1)N1Cc2ccc(Br)cc2C1=O. The highest BCUT2D eigenvalue weighted by atomic mass is 79.9. The molecule has 0 saturated carbocycles. The van der Waals surface area contributed by atoms with Gasteiger partial charge in [-0.25, -0.2) is 0 Å². The molecule has 0 spiro atoms. The Morgan fingerprint density at radius 1 is 1.10 bits per heavy atom. The number of para-hydroxylation sites is 1. The molecule has 1 amide bonds. The normalized spacial score (nSPS) is 14.2. The van der Waals surface area contributed by atoms with Crippen molar-refractivity contribution in [2.45, 2.75) is 12.6 Å². The third kappa shape index (κ3) is 3.18. The van der Waals surface area contributed by atoms with Gasteiger partial charge in [-0.2, -0.15) is 0 Å². The van der Waals surface area contributed by atoms with Gasteiger partial charge in [0.05, 0.1) is 7.11 Å². The van der Waals surface area contributed by atoms with Gasteiger partial charge < -0.3 is 14.6 Å². The Bertz CT molecular complexity index is 1250. The Morgan fingerprint density at radius 3 is 2.73 bits per heavy atom. The second-order valence-electron chi connectivity index (χ2n) is 7.34. The average molecular weight is 482 g/mol. The maximum atomic E-state index is 13.5. The van der Waals surface area contributed by atoms with Crippen LogP contribution >= 0.6 is 27.5 Å². The van der Waals surface area contributed by atoms with Gasteiger partial charge in [0.2, 0.25) is 0 Å². The quantitative estimate of drug-likeness (QED) is 0.370. The van der Waals surface area contributed by atoms with Gasteiger partial charge in [0, 0.05) is 38.4 Å². The van der Waals surface area contributed by atoms with Crippen LogP contribution in [0.2, 0.25) is 5.02 Å². The maximum absolute atomic E-state index is 13.5. The Morgan fingerprint density at radius 2 is 1.93 bits per heavy atom. The fourth-order valence-corrected chi connectivity index (χ4v) is 4.71. The molecule has 0 fully saturated rings. The predicted molar refractivity (Wildman–Crippen MR) is 122 cm³/mol. The second-order valence-corrected chi connectivity index (χ2v) is 8.69. The summed E-state index contributed by atoms with van der Waals surface area (Å²) >= 11 is 9.84. The molecular weight excluding hydrogens is 464 g/mol. The van der Waals surface area contributed by atoms with Gasteiger partial charge in [-0.15, -0.1) is 0 Å². The fraction of sp³-hybridized carbons (Fsp3) is 0.125. The summed E-state index contributed by atoms with van der Waals surface area (Å²) in [7, 11) is 1.63. The van der Waals surface area contributed by atoms with Crippen molar-refractivity contribution in [3.05, 3.63) is 98.6 Å². The minimum absolute atomic E-state index is 0.0167. The van der Waals surface area contributed by atoms with Crippen molar-refractivity contribution in [3.63, 3.8) is 0 Å². The number of hydrogen-bond acceptors (Lipinski definition) is 2. The first-order valence-corrected chi connectivity index (χ1v) is 10.7. The monoisotopic (exact) mass is 480 g/mol. The molecule has 2 heterocycles. The lowest BCUT2D eigenvalue weighted by molar-refractivity contribution is 0.0726. The molecule has 3 aromatic carbocycles. The number of methoxy groups -OCH3 is 1. The van der Waals surface area contributed by atoms with Crippen LogP contribution in [-0.2, 0) is 6.54 Å². The third-order valence-corrected chi connectivity index (χ3v) is 6.28. The highest BCUT2D eigenvalue weighted by molar-refractivity contribution is 9.10. The Kier molecular flexibility index (Phi) is 4.80. The minimum Gasteiger partial charge on any atom is -0.496 e. The van der Waals surface area contributed by atoms with Gasteiger partial charge in [0.25, 0.3) is 5.91 Å². The molecule has 4 nitrogen and oxygen atoms in total. The van der Waals surface area contributed by atoms with Gasteiger partial charge in [-0.05, 0) is 53.4 Å². The number of carbonyl (C=O) groups excluding carboxylic acids is 1. The van der Waals surface area contributed by atoms with Crippen molar-refractivity contribution in [2.75, 3.05) is 7.11 Å². The summed E-state index contributed by atoms with van der Waals surface area (Å²) in [5, 5.41) is 1.68. The number of halogens is 2. The van der Waals surface area contributed by atoms with E-state index < -0.39 is 0 Å². The Hall–Kier alpha value is -2.76. The van der Waals surface area contributed by atoms with E-state index in [4.69, 9.17) is 16.3 Å². The van der Waals surface area contributed by atoms with Crippen molar-refractivity contribution in [3.8, 4) is 5.75 Å². The minimum atomic E-state index is -0.371. The molecule has 1 aliphatic rings. The van der Waals surface area contributed by atoms with Crippen LogP contribution in [0.25, 0.3) is 10.9 Å². The van der Waals surface area contributed by atoms with Gasteiger partial charge in [0.15, 0.2) is 0 Å². The number of benzene rings is 3. The second kappa shape index (κ2) is 7.49. The van der Waals surface area contributed by atoms with E-state index in [0.717, 1.165) is 32.2 Å². The molecule has 1 atom stereocenters. The zero-order chi connectivity index (χ0) is 20.8. The lowest BCUT2D eigenvalue weighted by Crippen LogP contribution is -2.30. The number of hydrogen-bond donors (Lipinski definition) is 1. The van der Waals surface area contributed by atoms with Crippen LogP contribution in [0.3, 0.4) is 0 Å². The molecule has 0 unspecified atom stereocenters. The van der Waals surface area contributed by atoms with Gasteiger partial charge in [0.1, 0.15) is 11.8 Å². The summed E-state index contributed by atoms with van der Waals surface area (Å²) in [6.07, 6.45) is 0. The van der Waals surface area contributed by atoms with Gasteiger partial charge in [-0.1, -0.05) is 51.8 Å². The molecule has 5 rings (SSSR count). The summed E-state index contributed by atoms with van der Waals surface area (Å²) in [4.78, 5) is 18.8. The van der Waals surface area contributed by atoms with Gasteiger partial charge in [-0.3, -0.25) is 4.79 Å². The number of amides is 1. The smallest absolute Gasteiger partial charge is 0.255 e. The van der Waals surface area contributed by atoms with E-state index in [0.29, 0.717) is 22.9 Å². The number of aromatic nitrogens is 1. The topological polar surface area (TPSA) is 45.3 Å². The third-order valence-electron chi connectivity index (χ3n) is 5.55. The van der Waals surface area contributed by atoms with Crippen LogP contribution < -0.4 is 4.74 Å². The summed E-state index contributed by atoms with van der Waals surface area (Å²) in [5.41, 5.74) is 4.50. The number of fused-ring (bicyclic) bond motifs is 2. The Labute approximate surface area is 187 Å². The van der Waals surface area contributed by atoms with E-state index in [1.165, 1.54) is 0 Å². The zero-order valence-corrected chi connectivity index (χ0v) is 18.5. The number of ether oxygens (including phenoxy) is 1. The molecule has 6 heteroatoms. The molecule has 0 saturated heterocycles. The molecular formula is C24H18BrClN2O2. The number of aromatic amines is 1. The van der Waals surface area contributed by atoms with E-state index in [1.807, 2.05) is 53.4 Å². The largest absolute Gasteiger partial charge is 0.496 e. The molecule has 150 valence electrons. The first-order chi connectivity index (χ1) is 14.5. The predicted octanol–water partition coefficient (Wildman–Crippen LogP) is 6.34. The van der Waals surface area contributed by atoms with Crippen LogP contribution in [-0.4, -0.2) is 22.9 Å². The van der Waals surface area contributed by atoms with Crippen molar-refractivity contribution in [1.82, 2.24) is 9.88 Å². The fourth-order valence-electron chi connectivity index (χ4n) is 4.17. The average Bonchev–Trinajstić information content (AvgIpc) is 3.30. The van der Waals surface area contributed by atoms with Gasteiger partial charge >= 0.3 is 0 Å². The number of nitrogens with one attached hydrogen (secondary N) is 1. The summed E-state index contributed by atoms with van der Waals surface area (Å²) < 4.78 is 6.54. The van der Waals surface area contributed by atoms with Crippen LogP contribution in [0, 0.1) is 0 Å². The molecule has 30 heavy (non-hydrogen) atoms. The van der Waals surface area contributed by atoms with Crippen molar-refractivity contribution >= 4 is 44.3 Å². The maximum Gasteiger partial charge on any atom is 0.255 e. The van der Waals surface area contributed by atoms with Crippen LogP contribution in [0.1, 0.15) is 33.2 Å². The lowest BCUT2D eigenvalue weighted by Gasteiger charge is -2.29.